The van der Waals surface area contributed by atoms with Crippen LogP contribution in [0.25, 0.3) is 0 Å². The molecular weight excluding hydrogens is 552 g/mol. The number of nitrogens with one attached hydrogen (secondary N) is 1. The minimum Gasteiger partial charge on any atom is -0.493 e. The maximum absolute atomic E-state index is 13.1. The van der Waals surface area contributed by atoms with Crippen molar-refractivity contribution in [1.82, 2.24) is 5.32 Å². The molecule has 2 atom stereocenters. The van der Waals surface area contributed by atoms with Crippen molar-refractivity contribution in [3.05, 3.63) is 90.0 Å². The Labute approximate surface area is 240 Å². The van der Waals surface area contributed by atoms with Gasteiger partial charge in [-0.25, -0.2) is 4.21 Å². The number of hydrogen-bond acceptors (Lipinski definition) is 8. The number of aliphatic hydroxyl groups excluding tert-OH is 1. The predicted octanol–water partition coefficient (Wildman–Crippen LogP) is 4.35. The van der Waals surface area contributed by atoms with Crippen LogP contribution in [-0.2, 0) is 27.2 Å². The maximum atomic E-state index is 13.1. The predicted molar refractivity (Wildman–Crippen MR) is 152 cm³/mol. The van der Waals surface area contributed by atoms with Gasteiger partial charge in [0, 0.05) is 18.0 Å². The lowest BCUT2D eigenvalue weighted by Gasteiger charge is -2.25. The number of aliphatic hydroxyl groups is 1. The molecule has 0 radical (unpaired) electrons. The number of carbonyl (C=O) groups is 1. The fourth-order valence-electron chi connectivity index (χ4n) is 3.99. The molecule has 0 aliphatic carbocycles. The molecule has 0 saturated carbocycles. The van der Waals surface area contributed by atoms with Crippen LogP contribution in [0, 0.1) is 0 Å². The molecule has 1 aliphatic heterocycles. The molecule has 2 unspecified atom stereocenters. The van der Waals surface area contributed by atoms with Gasteiger partial charge in [0.15, 0.2) is 23.0 Å². The zero-order chi connectivity index (χ0) is 29.4. The van der Waals surface area contributed by atoms with E-state index in [4.69, 9.17) is 23.7 Å². The van der Waals surface area contributed by atoms with Crippen molar-refractivity contribution in [2.75, 3.05) is 24.6 Å². The highest BCUT2D eigenvalue weighted by Gasteiger charge is 2.33. The lowest BCUT2D eigenvalue weighted by atomic mass is 10.1. The average Bonchev–Trinajstić information content (AvgIpc) is 3.40. The topological polar surface area (TPSA) is 136 Å². The molecule has 1 amide bonds. The smallest absolute Gasteiger partial charge is 0.269 e. The molecule has 218 valence electrons. The van der Waals surface area contributed by atoms with Crippen LogP contribution in [0.5, 0.6) is 23.0 Å². The van der Waals surface area contributed by atoms with Gasteiger partial charge in [-0.1, -0.05) is 42.5 Å². The Hall–Kier alpha value is -4.26. The summed E-state index contributed by atoms with van der Waals surface area (Å²) in [6, 6.07) is 18.9. The number of benzene rings is 3. The molecule has 3 aromatic rings. The van der Waals surface area contributed by atoms with E-state index >= 15 is 0 Å². The lowest BCUT2D eigenvalue weighted by Crippen LogP contribution is -2.31. The van der Waals surface area contributed by atoms with Crippen LogP contribution in [0.3, 0.4) is 0 Å². The second-order valence-electron chi connectivity index (χ2n) is 9.13. The molecule has 1 heterocycles. The third kappa shape index (κ3) is 7.48. The second kappa shape index (κ2) is 13.9. The van der Waals surface area contributed by atoms with Crippen LogP contribution in [-0.4, -0.2) is 52.4 Å². The molecule has 3 N–H and O–H groups in total. The highest BCUT2D eigenvalue weighted by atomic mass is 32.2. The Morgan fingerprint density at radius 2 is 1.78 bits per heavy atom. The van der Waals surface area contributed by atoms with Crippen LogP contribution in [0.1, 0.15) is 29.8 Å². The molecule has 0 aromatic heterocycles. The fourth-order valence-corrected chi connectivity index (χ4v) is 4.53. The van der Waals surface area contributed by atoms with Crippen LogP contribution in [0.4, 0.5) is 5.69 Å². The first-order chi connectivity index (χ1) is 19.8. The van der Waals surface area contributed by atoms with Gasteiger partial charge in [-0.3, -0.25) is 9.35 Å². The molecule has 0 saturated heterocycles. The molecule has 1 aliphatic rings. The number of anilines is 1. The van der Waals surface area contributed by atoms with Gasteiger partial charge in [-0.2, -0.15) is 4.31 Å². The molecule has 11 nitrogen and oxygen atoms in total. The Balaban J connectivity index is 1.81. The van der Waals surface area contributed by atoms with Gasteiger partial charge in [0.2, 0.25) is 12.2 Å². The van der Waals surface area contributed by atoms with Gasteiger partial charge in [0.05, 0.1) is 13.7 Å². The number of hydrogen-bond donors (Lipinski definition) is 3. The van der Waals surface area contributed by atoms with Crippen LogP contribution in [0.15, 0.2) is 78.9 Å². The summed E-state index contributed by atoms with van der Waals surface area (Å²) in [5.41, 5.74) is 1.03. The summed E-state index contributed by atoms with van der Waals surface area (Å²) in [6.45, 7) is 3.14. The van der Waals surface area contributed by atoms with Crippen molar-refractivity contribution < 1.29 is 42.3 Å². The third-order valence-electron chi connectivity index (χ3n) is 5.74. The number of rotatable bonds is 13. The van der Waals surface area contributed by atoms with Crippen molar-refractivity contribution in [3.8, 4) is 23.0 Å². The number of para-hydroxylation sites is 2. The normalized spacial score (nSPS) is 14.9. The Morgan fingerprint density at radius 1 is 1.07 bits per heavy atom. The van der Waals surface area contributed by atoms with Crippen molar-refractivity contribution in [2.45, 2.75) is 32.6 Å². The highest BCUT2D eigenvalue weighted by molar-refractivity contribution is 7.81. The number of nitrogens with zero attached hydrogens (tertiary/aromatic N) is 1. The summed E-state index contributed by atoms with van der Waals surface area (Å²) >= 11 is -2.72. The molecule has 3 aromatic carbocycles. The number of methoxy groups -OCH3 is 1. The van der Waals surface area contributed by atoms with Gasteiger partial charge in [0.25, 0.3) is 17.2 Å². The van der Waals surface area contributed by atoms with E-state index in [9.17, 15) is 18.7 Å². The van der Waals surface area contributed by atoms with Crippen molar-refractivity contribution in [2.24, 2.45) is 0 Å². The van der Waals surface area contributed by atoms with Crippen LogP contribution < -0.4 is 23.8 Å². The molecule has 41 heavy (non-hydrogen) atoms. The number of carbonyl (C=O) groups excluding carboxylic acids is 1. The van der Waals surface area contributed by atoms with Crippen molar-refractivity contribution >= 4 is 22.9 Å². The van der Waals surface area contributed by atoms with E-state index in [2.05, 4.69) is 5.32 Å². The quantitative estimate of drug-likeness (QED) is 0.251. The van der Waals surface area contributed by atoms with E-state index in [1.165, 1.54) is 25.5 Å². The summed E-state index contributed by atoms with van der Waals surface area (Å²) in [7, 11) is 1.47. The summed E-state index contributed by atoms with van der Waals surface area (Å²) in [6.07, 6.45) is 0.831. The number of amides is 1. The van der Waals surface area contributed by atoms with Gasteiger partial charge in [-0.05, 0) is 43.7 Å². The largest absolute Gasteiger partial charge is 0.493 e. The van der Waals surface area contributed by atoms with Crippen LogP contribution >= 0.6 is 0 Å². The Morgan fingerprint density at radius 3 is 2.44 bits per heavy atom. The zero-order valence-electron chi connectivity index (χ0n) is 22.8. The first-order valence-electron chi connectivity index (χ1n) is 12.8. The molecule has 0 bridgehead atoms. The van der Waals surface area contributed by atoms with E-state index in [1.807, 2.05) is 30.3 Å². The van der Waals surface area contributed by atoms with Crippen LogP contribution in [0.2, 0.25) is 0 Å². The molecule has 12 heteroatoms. The van der Waals surface area contributed by atoms with Gasteiger partial charge in [0.1, 0.15) is 18.6 Å². The Bertz CT molecular complexity index is 1400. The Kier molecular flexibility index (Phi) is 10.1. The fraction of sp³-hybridized carbons (Fsp3) is 0.276. The first-order valence-corrected chi connectivity index (χ1v) is 13.9. The van der Waals surface area contributed by atoms with E-state index in [1.54, 1.807) is 38.1 Å². The highest BCUT2D eigenvalue weighted by Crippen LogP contribution is 2.46. The summed E-state index contributed by atoms with van der Waals surface area (Å²) in [5.74, 6) is 0.114. The van der Waals surface area contributed by atoms with Crippen molar-refractivity contribution in [1.29, 1.82) is 0 Å². The molecule has 0 fully saturated rings. The van der Waals surface area contributed by atoms with Gasteiger partial charge < -0.3 is 34.1 Å². The zero-order valence-corrected chi connectivity index (χ0v) is 23.6. The number of ether oxygens (including phenoxy) is 5. The molecule has 4 rings (SSSR count). The summed E-state index contributed by atoms with van der Waals surface area (Å²) in [4.78, 5) is 13.1. The third-order valence-corrected chi connectivity index (χ3v) is 6.43. The molecule has 0 spiro atoms. The minimum absolute atomic E-state index is 0.0255. The van der Waals surface area contributed by atoms with E-state index in [0.29, 0.717) is 12.2 Å². The van der Waals surface area contributed by atoms with Gasteiger partial charge >= 0.3 is 0 Å². The van der Waals surface area contributed by atoms with Crippen molar-refractivity contribution in [3.63, 3.8) is 0 Å². The lowest BCUT2D eigenvalue weighted by molar-refractivity contribution is -0.0298. The SMILES string of the molecule is COc1ccccc1Oc1c(OCCO)cc(C(=O)NC(C)C)cc1N(C1=COC(Cc2ccccc2)O1)S(=O)O. The molecular formula is C29H32N2O9S. The monoisotopic (exact) mass is 584 g/mol. The minimum atomic E-state index is -2.72. The standard InChI is InChI=1S/C29H32N2O9S/c1-19(2)30-29(33)21-16-22(28(25(17-21)37-14-13-32)39-24-12-8-7-11-23(24)36-3)31(41(34)35)26-18-38-27(40-26)15-20-9-5-4-6-10-20/h4-12,16-19,27,32H,13-15H2,1-3H3,(H,30,33)(H,34,35). The summed E-state index contributed by atoms with van der Waals surface area (Å²) < 4.78 is 53.3. The maximum Gasteiger partial charge on any atom is 0.269 e. The summed E-state index contributed by atoms with van der Waals surface area (Å²) in [5, 5.41) is 12.3. The second-order valence-corrected chi connectivity index (χ2v) is 9.96. The average molecular weight is 585 g/mol. The van der Waals surface area contributed by atoms with E-state index < -0.39 is 23.5 Å². The van der Waals surface area contributed by atoms with E-state index in [0.717, 1.165) is 9.87 Å². The van der Waals surface area contributed by atoms with Gasteiger partial charge in [-0.15, -0.1) is 0 Å². The first kappa shape index (κ1) is 29.7. The van der Waals surface area contributed by atoms with E-state index in [-0.39, 0.29) is 53.6 Å².